The molecule has 0 radical (unpaired) electrons. The molecule has 0 aromatic rings. The van der Waals surface area contributed by atoms with Crippen molar-refractivity contribution >= 4 is 11.9 Å². The molecule has 3 atom stereocenters. The lowest BCUT2D eigenvalue weighted by Gasteiger charge is -2.36. The Bertz CT molecular complexity index is 391. The average Bonchev–Trinajstić information content (AvgIpc) is 2.91. The van der Waals surface area contributed by atoms with Crippen molar-refractivity contribution in [2.24, 2.45) is 17.8 Å². The third kappa shape index (κ3) is 3.57. The fourth-order valence-electron chi connectivity index (χ4n) is 3.85. The Morgan fingerprint density at radius 1 is 1.19 bits per heavy atom. The predicted molar refractivity (Wildman–Crippen MR) is 80.9 cm³/mol. The van der Waals surface area contributed by atoms with E-state index in [0.717, 1.165) is 38.8 Å². The molecule has 2 rings (SSSR count). The zero-order chi connectivity index (χ0) is 15.6. The highest BCUT2D eigenvalue weighted by Crippen LogP contribution is 2.39. The van der Waals surface area contributed by atoms with Crippen LogP contribution in [0.3, 0.4) is 0 Å². The number of carbonyl (C=O) groups is 2. The van der Waals surface area contributed by atoms with Crippen LogP contribution in [-0.2, 0) is 9.59 Å². The molecule has 1 heterocycles. The van der Waals surface area contributed by atoms with Crippen LogP contribution in [0.5, 0.6) is 0 Å². The van der Waals surface area contributed by atoms with Crippen LogP contribution in [0, 0.1) is 17.8 Å². The number of aliphatic carboxylic acids is 1. The number of nitrogens with zero attached hydrogens (tertiary/aromatic N) is 2. The molecule has 5 heteroatoms. The van der Waals surface area contributed by atoms with E-state index in [-0.39, 0.29) is 17.9 Å². The van der Waals surface area contributed by atoms with Gasteiger partial charge in [-0.2, -0.15) is 0 Å². The molecule has 120 valence electrons. The lowest BCUT2D eigenvalue weighted by molar-refractivity contribution is -0.149. The van der Waals surface area contributed by atoms with Gasteiger partial charge in [-0.25, -0.2) is 0 Å². The molecule has 21 heavy (non-hydrogen) atoms. The normalized spacial score (nSPS) is 31.3. The molecule has 1 saturated carbocycles. The van der Waals surface area contributed by atoms with Gasteiger partial charge in [0.05, 0.1) is 11.8 Å². The highest BCUT2D eigenvalue weighted by atomic mass is 16.4. The molecule has 1 aliphatic heterocycles. The van der Waals surface area contributed by atoms with E-state index in [2.05, 4.69) is 18.9 Å². The van der Waals surface area contributed by atoms with Crippen LogP contribution in [-0.4, -0.2) is 60.0 Å². The number of hydrogen-bond donors (Lipinski definition) is 1. The molecule has 1 amide bonds. The van der Waals surface area contributed by atoms with Gasteiger partial charge in [0.2, 0.25) is 5.91 Å². The molecule has 2 fully saturated rings. The Morgan fingerprint density at radius 3 is 2.29 bits per heavy atom. The summed E-state index contributed by atoms with van der Waals surface area (Å²) >= 11 is 0. The first-order valence-electron chi connectivity index (χ1n) is 8.12. The molecule has 1 N–H and O–H groups in total. The van der Waals surface area contributed by atoms with E-state index in [1.807, 2.05) is 11.9 Å². The fraction of sp³-hybridized carbons (Fsp3) is 0.875. The number of carbonyl (C=O) groups excluding carboxylic acids is 1. The first-order valence-corrected chi connectivity index (χ1v) is 8.12. The maximum Gasteiger partial charge on any atom is 0.307 e. The van der Waals surface area contributed by atoms with Crippen molar-refractivity contribution in [3.8, 4) is 0 Å². The van der Waals surface area contributed by atoms with Gasteiger partial charge in [0, 0.05) is 13.1 Å². The fourth-order valence-corrected chi connectivity index (χ4v) is 3.85. The summed E-state index contributed by atoms with van der Waals surface area (Å²) in [5.41, 5.74) is 0. The molecule has 1 unspecified atom stereocenters. The second-order valence-electron chi connectivity index (χ2n) is 6.78. The Hall–Kier alpha value is -1.10. The van der Waals surface area contributed by atoms with Crippen LogP contribution < -0.4 is 0 Å². The third-order valence-electron chi connectivity index (χ3n) is 5.46. The van der Waals surface area contributed by atoms with Crippen LogP contribution >= 0.6 is 0 Å². The van der Waals surface area contributed by atoms with Gasteiger partial charge in [-0.3, -0.25) is 9.59 Å². The SMILES string of the molecule is CCC1C[C@H](C(=O)N(C)C2CCN(C)CC2)[C@H](C(=O)O)C1. The second kappa shape index (κ2) is 6.77. The van der Waals surface area contributed by atoms with Gasteiger partial charge < -0.3 is 14.9 Å². The maximum absolute atomic E-state index is 12.8. The van der Waals surface area contributed by atoms with Crippen LogP contribution in [0.4, 0.5) is 0 Å². The summed E-state index contributed by atoms with van der Waals surface area (Å²) in [5.74, 6) is -1.19. The molecular weight excluding hydrogens is 268 g/mol. The first kappa shape index (κ1) is 16.3. The summed E-state index contributed by atoms with van der Waals surface area (Å²) in [4.78, 5) is 28.3. The molecular formula is C16H28N2O3. The Kier molecular flexibility index (Phi) is 5.25. The van der Waals surface area contributed by atoms with Gasteiger partial charge >= 0.3 is 5.97 Å². The lowest BCUT2D eigenvalue weighted by atomic mass is 9.93. The summed E-state index contributed by atoms with van der Waals surface area (Å²) in [7, 11) is 3.96. The number of amides is 1. The van der Waals surface area contributed by atoms with E-state index in [1.165, 1.54) is 0 Å². The Balaban J connectivity index is 2.02. The van der Waals surface area contributed by atoms with E-state index in [4.69, 9.17) is 0 Å². The molecule has 2 aliphatic rings. The average molecular weight is 296 g/mol. The minimum atomic E-state index is -0.805. The number of likely N-dealkylation sites (tertiary alicyclic amines) is 1. The van der Waals surface area contributed by atoms with Gasteiger partial charge in [0.15, 0.2) is 0 Å². The van der Waals surface area contributed by atoms with Gasteiger partial charge in [0.25, 0.3) is 0 Å². The summed E-state index contributed by atoms with van der Waals surface area (Å²) in [6.45, 7) is 4.09. The minimum absolute atomic E-state index is 0.0490. The summed E-state index contributed by atoms with van der Waals surface area (Å²) in [6, 6.07) is 0.267. The first-order chi connectivity index (χ1) is 9.93. The number of carboxylic acids is 1. The van der Waals surface area contributed by atoms with Crippen LogP contribution in [0.2, 0.25) is 0 Å². The molecule has 1 saturated heterocycles. The third-order valence-corrected chi connectivity index (χ3v) is 5.46. The van der Waals surface area contributed by atoms with E-state index in [1.54, 1.807) is 0 Å². The number of piperidine rings is 1. The van der Waals surface area contributed by atoms with E-state index in [9.17, 15) is 14.7 Å². The number of rotatable bonds is 4. The largest absolute Gasteiger partial charge is 0.481 e. The van der Waals surface area contributed by atoms with Crippen LogP contribution in [0.1, 0.15) is 39.0 Å². The maximum atomic E-state index is 12.8. The van der Waals surface area contributed by atoms with Crippen molar-refractivity contribution in [2.45, 2.75) is 45.1 Å². The molecule has 0 bridgehead atoms. The van der Waals surface area contributed by atoms with Crippen molar-refractivity contribution in [1.29, 1.82) is 0 Å². The van der Waals surface area contributed by atoms with Gasteiger partial charge in [-0.05, 0) is 51.7 Å². The number of carboxylic acid groups (broad SMARTS) is 1. The van der Waals surface area contributed by atoms with Gasteiger partial charge in [-0.15, -0.1) is 0 Å². The molecule has 1 aliphatic carbocycles. The minimum Gasteiger partial charge on any atom is -0.481 e. The molecule has 0 spiro atoms. The lowest BCUT2D eigenvalue weighted by Crippen LogP contribution is -2.47. The molecule has 0 aromatic carbocycles. The number of hydrogen-bond acceptors (Lipinski definition) is 3. The van der Waals surface area contributed by atoms with Gasteiger partial charge in [-0.1, -0.05) is 13.3 Å². The highest BCUT2D eigenvalue weighted by molar-refractivity contribution is 5.85. The van der Waals surface area contributed by atoms with Crippen molar-refractivity contribution in [3.63, 3.8) is 0 Å². The molecule has 5 nitrogen and oxygen atoms in total. The van der Waals surface area contributed by atoms with Crippen LogP contribution in [0.25, 0.3) is 0 Å². The van der Waals surface area contributed by atoms with Crippen molar-refractivity contribution in [2.75, 3.05) is 27.2 Å². The monoisotopic (exact) mass is 296 g/mol. The van der Waals surface area contributed by atoms with Crippen molar-refractivity contribution in [1.82, 2.24) is 9.80 Å². The van der Waals surface area contributed by atoms with E-state index in [0.29, 0.717) is 12.3 Å². The Morgan fingerprint density at radius 2 is 1.76 bits per heavy atom. The highest BCUT2D eigenvalue weighted by Gasteiger charge is 2.44. The standard InChI is InChI=1S/C16H28N2O3/c1-4-11-9-13(14(10-11)16(20)21)15(19)18(3)12-5-7-17(2)8-6-12/h11-14H,4-10H2,1-3H3,(H,20,21)/t11?,13-,14+/m0/s1. The van der Waals surface area contributed by atoms with E-state index >= 15 is 0 Å². The topological polar surface area (TPSA) is 60.9 Å². The second-order valence-corrected chi connectivity index (χ2v) is 6.78. The van der Waals surface area contributed by atoms with Crippen molar-refractivity contribution in [3.05, 3.63) is 0 Å². The zero-order valence-electron chi connectivity index (χ0n) is 13.4. The summed E-state index contributed by atoms with van der Waals surface area (Å²) < 4.78 is 0. The van der Waals surface area contributed by atoms with Gasteiger partial charge in [0.1, 0.15) is 0 Å². The predicted octanol–water partition coefficient (Wildman–Crippen LogP) is 1.68. The van der Waals surface area contributed by atoms with Crippen molar-refractivity contribution < 1.29 is 14.7 Å². The van der Waals surface area contributed by atoms with Crippen LogP contribution in [0.15, 0.2) is 0 Å². The summed E-state index contributed by atoms with van der Waals surface area (Å²) in [5, 5.41) is 9.40. The summed E-state index contributed by atoms with van der Waals surface area (Å²) in [6.07, 6.45) is 4.33. The van der Waals surface area contributed by atoms with E-state index < -0.39 is 11.9 Å². The quantitative estimate of drug-likeness (QED) is 0.857. The zero-order valence-corrected chi connectivity index (χ0v) is 13.4. The smallest absolute Gasteiger partial charge is 0.307 e. The Labute approximate surface area is 127 Å². The molecule has 0 aromatic heterocycles.